The molecule has 0 bridgehead atoms. The SMILES string of the molecule is CC(=O)NC[C@H](c1ccc2c(c1)OCO2)[NH+]1CCN(c2ccccc2)CC1. The molecule has 2 N–H and O–H groups in total. The predicted octanol–water partition coefficient (Wildman–Crippen LogP) is 0.998. The van der Waals surface area contributed by atoms with Crippen molar-refractivity contribution >= 4 is 11.6 Å². The van der Waals surface area contributed by atoms with Gasteiger partial charge in [0.1, 0.15) is 6.04 Å². The van der Waals surface area contributed by atoms with Gasteiger partial charge in [-0.3, -0.25) is 4.79 Å². The fourth-order valence-electron chi connectivity index (χ4n) is 3.91. The molecule has 0 aromatic heterocycles. The summed E-state index contributed by atoms with van der Waals surface area (Å²) in [5.74, 6) is 1.59. The van der Waals surface area contributed by atoms with Crippen molar-refractivity contribution in [1.29, 1.82) is 0 Å². The Kier molecular flexibility index (Phi) is 5.16. The lowest BCUT2D eigenvalue weighted by Crippen LogP contribution is -3.15. The lowest BCUT2D eigenvalue weighted by atomic mass is 10.0. The lowest BCUT2D eigenvalue weighted by Gasteiger charge is -2.37. The van der Waals surface area contributed by atoms with E-state index in [0.29, 0.717) is 6.54 Å². The predicted molar refractivity (Wildman–Crippen MR) is 103 cm³/mol. The second kappa shape index (κ2) is 7.88. The molecule has 2 aromatic rings. The Morgan fingerprint density at radius 3 is 2.59 bits per heavy atom. The van der Waals surface area contributed by atoms with Crippen LogP contribution in [0.25, 0.3) is 0 Å². The molecule has 0 radical (unpaired) electrons. The molecule has 1 saturated heterocycles. The Balaban J connectivity index is 1.49. The Labute approximate surface area is 159 Å². The number of para-hydroxylation sites is 1. The Bertz CT molecular complexity index is 789. The molecule has 1 fully saturated rings. The van der Waals surface area contributed by atoms with Crippen LogP contribution in [0.4, 0.5) is 5.69 Å². The number of ether oxygens (including phenoxy) is 2. The number of anilines is 1. The number of carbonyl (C=O) groups is 1. The maximum absolute atomic E-state index is 11.5. The maximum Gasteiger partial charge on any atom is 0.231 e. The summed E-state index contributed by atoms with van der Waals surface area (Å²) in [7, 11) is 0. The summed E-state index contributed by atoms with van der Waals surface area (Å²) in [5, 5.41) is 3.01. The third kappa shape index (κ3) is 4.01. The summed E-state index contributed by atoms with van der Waals surface area (Å²) in [6.45, 7) is 6.51. The van der Waals surface area contributed by atoms with Gasteiger partial charge in [-0.25, -0.2) is 0 Å². The number of quaternary nitrogens is 1. The number of fused-ring (bicyclic) bond motifs is 1. The van der Waals surface area contributed by atoms with Crippen molar-refractivity contribution in [3.05, 3.63) is 54.1 Å². The molecule has 2 heterocycles. The molecule has 2 aliphatic rings. The van der Waals surface area contributed by atoms with Gasteiger partial charge in [-0.15, -0.1) is 0 Å². The molecule has 1 amide bonds. The molecule has 6 heteroatoms. The molecular weight excluding hydrogens is 342 g/mol. The second-order valence-electron chi connectivity index (χ2n) is 7.08. The first kappa shape index (κ1) is 17.7. The van der Waals surface area contributed by atoms with Crippen LogP contribution in [-0.2, 0) is 4.79 Å². The molecule has 2 aliphatic heterocycles. The van der Waals surface area contributed by atoms with Crippen LogP contribution in [0, 0.1) is 0 Å². The van der Waals surface area contributed by atoms with E-state index in [0.717, 1.165) is 37.7 Å². The molecule has 0 spiro atoms. The van der Waals surface area contributed by atoms with E-state index >= 15 is 0 Å². The lowest BCUT2D eigenvalue weighted by molar-refractivity contribution is -0.931. The number of piperazine rings is 1. The van der Waals surface area contributed by atoms with Gasteiger partial charge in [0.2, 0.25) is 12.7 Å². The van der Waals surface area contributed by atoms with Crippen molar-refractivity contribution in [2.75, 3.05) is 44.4 Å². The van der Waals surface area contributed by atoms with Crippen molar-refractivity contribution < 1.29 is 19.2 Å². The highest BCUT2D eigenvalue weighted by molar-refractivity contribution is 5.72. The number of amides is 1. The van der Waals surface area contributed by atoms with Gasteiger partial charge in [0.05, 0.1) is 32.7 Å². The highest BCUT2D eigenvalue weighted by atomic mass is 16.7. The van der Waals surface area contributed by atoms with Crippen LogP contribution in [-0.4, -0.2) is 45.4 Å². The van der Waals surface area contributed by atoms with Gasteiger partial charge in [0.15, 0.2) is 11.5 Å². The quantitative estimate of drug-likeness (QED) is 0.827. The maximum atomic E-state index is 11.5. The van der Waals surface area contributed by atoms with Crippen LogP contribution in [0.15, 0.2) is 48.5 Å². The first-order valence-corrected chi connectivity index (χ1v) is 9.49. The van der Waals surface area contributed by atoms with Crippen LogP contribution >= 0.6 is 0 Å². The van der Waals surface area contributed by atoms with Crippen LogP contribution in [0.2, 0.25) is 0 Å². The second-order valence-corrected chi connectivity index (χ2v) is 7.08. The van der Waals surface area contributed by atoms with E-state index in [1.807, 2.05) is 12.1 Å². The van der Waals surface area contributed by atoms with Gasteiger partial charge in [-0.2, -0.15) is 0 Å². The molecule has 1 atom stereocenters. The number of rotatable bonds is 5. The van der Waals surface area contributed by atoms with E-state index < -0.39 is 0 Å². The Morgan fingerprint density at radius 2 is 1.85 bits per heavy atom. The van der Waals surface area contributed by atoms with Crippen LogP contribution < -0.4 is 24.6 Å². The first-order valence-electron chi connectivity index (χ1n) is 9.49. The normalized spacial score (nSPS) is 17.6. The summed E-state index contributed by atoms with van der Waals surface area (Å²) < 4.78 is 11.0. The monoisotopic (exact) mass is 368 g/mol. The number of hydrogen-bond donors (Lipinski definition) is 2. The van der Waals surface area contributed by atoms with Gasteiger partial charge >= 0.3 is 0 Å². The smallest absolute Gasteiger partial charge is 0.231 e. The van der Waals surface area contributed by atoms with E-state index in [-0.39, 0.29) is 18.7 Å². The van der Waals surface area contributed by atoms with E-state index in [9.17, 15) is 4.79 Å². The minimum absolute atomic E-state index is 0.00284. The molecule has 142 valence electrons. The summed E-state index contributed by atoms with van der Waals surface area (Å²) >= 11 is 0. The Morgan fingerprint density at radius 1 is 1.11 bits per heavy atom. The van der Waals surface area contributed by atoms with Crippen molar-refractivity contribution in [1.82, 2.24) is 5.32 Å². The van der Waals surface area contributed by atoms with Crippen molar-refractivity contribution in [2.45, 2.75) is 13.0 Å². The third-order valence-corrected chi connectivity index (χ3v) is 5.37. The molecule has 0 aliphatic carbocycles. The third-order valence-electron chi connectivity index (χ3n) is 5.37. The van der Waals surface area contributed by atoms with E-state index in [4.69, 9.17) is 9.47 Å². The molecule has 27 heavy (non-hydrogen) atoms. The molecule has 2 aromatic carbocycles. The number of nitrogens with one attached hydrogen (secondary N) is 2. The van der Waals surface area contributed by atoms with Crippen LogP contribution in [0.3, 0.4) is 0 Å². The number of benzene rings is 2. The standard InChI is InChI=1S/C21H25N3O3/c1-16(25)22-14-19(17-7-8-20-21(13-17)27-15-26-20)24-11-9-23(10-12-24)18-5-3-2-4-6-18/h2-8,13,19H,9-12,14-15H2,1H3,(H,22,25)/p+1/t19-/m1/s1. The minimum Gasteiger partial charge on any atom is -0.454 e. The first-order chi connectivity index (χ1) is 13.2. The highest BCUT2D eigenvalue weighted by Crippen LogP contribution is 2.33. The van der Waals surface area contributed by atoms with E-state index in [1.54, 1.807) is 6.92 Å². The fraction of sp³-hybridized carbons (Fsp3) is 0.381. The van der Waals surface area contributed by atoms with Crippen molar-refractivity contribution in [3.8, 4) is 11.5 Å². The van der Waals surface area contributed by atoms with Crippen LogP contribution in [0.5, 0.6) is 11.5 Å². The zero-order valence-electron chi connectivity index (χ0n) is 15.6. The summed E-state index contributed by atoms with van der Waals surface area (Å²) in [5.41, 5.74) is 2.45. The van der Waals surface area contributed by atoms with Gasteiger partial charge in [0, 0.05) is 18.2 Å². The Hall–Kier alpha value is -2.73. The van der Waals surface area contributed by atoms with Gasteiger partial charge in [-0.1, -0.05) is 18.2 Å². The number of carbonyl (C=O) groups excluding carboxylic acids is 1. The zero-order chi connectivity index (χ0) is 18.6. The van der Waals surface area contributed by atoms with Gasteiger partial charge in [-0.05, 0) is 30.3 Å². The minimum atomic E-state index is 0.00284. The molecule has 0 unspecified atom stereocenters. The van der Waals surface area contributed by atoms with Crippen LogP contribution in [0.1, 0.15) is 18.5 Å². The largest absolute Gasteiger partial charge is 0.454 e. The number of hydrogen-bond acceptors (Lipinski definition) is 4. The average Bonchev–Trinajstić information content (AvgIpc) is 3.17. The molecular formula is C21H26N3O3+. The highest BCUT2D eigenvalue weighted by Gasteiger charge is 2.30. The summed E-state index contributed by atoms with van der Waals surface area (Å²) in [4.78, 5) is 15.4. The summed E-state index contributed by atoms with van der Waals surface area (Å²) in [6.07, 6.45) is 0. The topological polar surface area (TPSA) is 55.2 Å². The molecule has 0 saturated carbocycles. The van der Waals surface area contributed by atoms with Gasteiger partial charge < -0.3 is 24.6 Å². The van der Waals surface area contributed by atoms with Crippen molar-refractivity contribution in [2.24, 2.45) is 0 Å². The average molecular weight is 368 g/mol. The fourth-order valence-corrected chi connectivity index (χ4v) is 3.91. The van der Waals surface area contributed by atoms with E-state index in [2.05, 4.69) is 46.6 Å². The zero-order valence-corrected chi connectivity index (χ0v) is 15.6. The number of nitrogens with zero attached hydrogens (tertiary/aromatic N) is 1. The van der Waals surface area contributed by atoms with E-state index in [1.165, 1.54) is 16.2 Å². The summed E-state index contributed by atoms with van der Waals surface area (Å²) in [6, 6.07) is 16.9. The van der Waals surface area contributed by atoms with Crippen molar-refractivity contribution in [3.63, 3.8) is 0 Å². The molecule has 6 nitrogen and oxygen atoms in total. The van der Waals surface area contributed by atoms with Gasteiger partial charge in [0.25, 0.3) is 0 Å². The molecule has 4 rings (SSSR count).